The lowest BCUT2D eigenvalue weighted by Crippen LogP contribution is -2.19. The van der Waals surface area contributed by atoms with Crippen molar-refractivity contribution < 1.29 is 18.8 Å². The van der Waals surface area contributed by atoms with E-state index in [1.807, 2.05) is 0 Å². The molecule has 1 aliphatic heterocycles. The van der Waals surface area contributed by atoms with Gasteiger partial charge in [-0.3, -0.25) is 24.7 Å². The Labute approximate surface area is 118 Å². The second-order valence-corrected chi connectivity index (χ2v) is 4.35. The van der Waals surface area contributed by atoms with Crippen LogP contribution in [0.25, 0.3) is 0 Å². The van der Waals surface area contributed by atoms with Crippen LogP contribution in [-0.4, -0.2) is 22.7 Å². The number of fused-ring (bicyclic) bond motifs is 1. The Morgan fingerprint density at radius 3 is 2.67 bits per heavy atom. The Kier molecular flexibility index (Phi) is 2.94. The highest BCUT2D eigenvalue weighted by Crippen LogP contribution is 2.21. The maximum atomic E-state index is 13.4. The van der Waals surface area contributed by atoms with Crippen LogP contribution in [0.2, 0.25) is 0 Å². The van der Waals surface area contributed by atoms with Crippen molar-refractivity contribution in [1.82, 2.24) is 10.3 Å². The molecular weight excluding hydrogens is 277 g/mol. The SMILES string of the molecule is O=C(Nc1ccc2c(c1)C(=O)NC2=O)c1ccncc1F. The number of halogens is 1. The van der Waals surface area contributed by atoms with Crippen LogP contribution in [0, 0.1) is 5.82 Å². The van der Waals surface area contributed by atoms with Crippen LogP contribution in [-0.2, 0) is 0 Å². The summed E-state index contributed by atoms with van der Waals surface area (Å²) in [6.45, 7) is 0. The summed E-state index contributed by atoms with van der Waals surface area (Å²) in [4.78, 5) is 38.4. The normalized spacial score (nSPS) is 12.8. The molecule has 6 nitrogen and oxygen atoms in total. The minimum absolute atomic E-state index is 0.161. The molecule has 0 aliphatic carbocycles. The molecule has 104 valence electrons. The molecule has 1 aliphatic rings. The van der Waals surface area contributed by atoms with E-state index in [1.165, 1.54) is 30.5 Å². The first-order chi connectivity index (χ1) is 10.1. The molecule has 0 spiro atoms. The van der Waals surface area contributed by atoms with E-state index in [9.17, 15) is 18.8 Å². The summed E-state index contributed by atoms with van der Waals surface area (Å²) in [5.74, 6) is -2.42. The maximum absolute atomic E-state index is 13.4. The molecule has 1 aromatic heterocycles. The second kappa shape index (κ2) is 4.78. The number of hydrogen-bond acceptors (Lipinski definition) is 4. The van der Waals surface area contributed by atoms with Gasteiger partial charge >= 0.3 is 0 Å². The Balaban J connectivity index is 1.88. The average molecular weight is 285 g/mol. The molecule has 2 aromatic rings. The van der Waals surface area contributed by atoms with Gasteiger partial charge in [0.1, 0.15) is 0 Å². The lowest BCUT2D eigenvalue weighted by molar-refractivity contribution is 0.0878. The number of amides is 3. The van der Waals surface area contributed by atoms with Crippen LogP contribution in [0.15, 0.2) is 36.7 Å². The molecule has 1 aromatic carbocycles. The van der Waals surface area contributed by atoms with E-state index in [0.29, 0.717) is 5.69 Å². The van der Waals surface area contributed by atoms with Gasteiger partial charge in [-0.2, -0.15) is 0 Å². The van der Waals surface area contributed by atoms with Crippen LogP contribution in [0.3, 0.4) is 0 Å². The average Bonchev–Trinajstić information content (AvgIpc) is 2.74. The summed E-state index contributed by atoms with van der Waals surface area (Å²) >= 11 is 0. The minimum atomic E-state index is -0.746. The topological polar surface area (TPSA) is 88.2 Å². The van der Waals surface area contributed by atoms with Crippen molar-refractivity contribution in [2.45, 2.75) is 0 Å². The molecular formula is C14H8FN3O3. The van der Waals surface area contributed by atoms with Crippen molar-refractivity contribution in [3.8, 4) is 0 Å². The van der Waals surface area contributed by atoms with Gasteiger partial charge in [-0.25, -0.2) is 4.39 Å². The standard InChI is InChI=1S/C14H8FN3O3/c15-11-6-16-4-3-9(11)13(20)17-7-1-2-8-10(5-7)14(21)18-12(8)19/h1-6H,(H,17,20)(H,18,19,21). The molecule has 0 fully saturated rings. The lowest BCUT2D eigenvalue weighted by atomic mass is 10.1. The van der Waals surface area contributed by atoms with Gasteiger partial charge in [-0.15, -0.1) is 0 Å². The second-order valence-electron chi connectivity index (χ2n) is 4.35. The molecule has 0 bridgehead atoms. The Bertz CT molecular complexity index is 789. The number of aromatic nitrogens is 1. The van der Waals surface area contributed by atoms with Crippen molar-refractivity contribution in [3.63, 3.8) is 0 Å². The van der Waals surface area contributed by atoms with Gasteiger partial charge in [0.2, 0.25) is 0 Å². The largest absolute Gasteiger partial charge is 0.322 e. The molecule has 0 radical (unpaired) electrons. The number of carbonyl (C=O) groups is 3. The molecule has 0 unspecified atom stereocenters. The zero-order chi connectivity index (χ0) is 15.0. The van der Waals surface area contributed by atoms with E-state index in [-0.39, 0.29) is 16.7 Å². The first-order valence-corrected chi connectivity index (χ1v) is 5.97. The Hall–Kier alpha value is -3.09. The molecule has 0 saturated carbocycles. The van der Waals surface area contributed by atoms with Gasteiger partial charge < -0.3 is 5.32 Å². The molecule has 0 saturated heterocycles. The first-order valence-electron chi connectivity index (χ1n) is 5.97. The quantitative estimate of drug-likeness (QED) is 0.815. The molecule has 21 heavy (non-hydrogen) atoms. The zero-order valence-corrected chi connectivity index (χ0v) is 10.5. The van der Waals surface area contributed by atoms with Crippen LogP contribution in [0.5, 0.6) is 0 Å². The van der Waals surface area contributed by atoms with Crippen molar-refractivity contribution in [2.24, 2.45) is 0 Å². The maximum Gasteiger partial charge on any atom is 0.259 e. The predicted molar refractivity (Wildman–Crippen MR) is 70.4 cm³/mol. The molecule has 3 amide bonds. The number of carbonyl (C=O) groups excluding carboxylic acids is 3. The van der Waals surface area contributed by atoms with E-state index < -0.39 is 23.5 Å². The molecule has 0 atom stereocenters. The van der Waals surface area contributed by atoms with Gasteiger partial charge in [0.25, 0.3) is 17.7 Å². The van der Waals surface area contributed by atoms with Crippen LogP contribution >= 0.6 is 0 Å². The van der Waals surface area contributed by atoms with Crippen LogP contribution in [0.1, 0.15) is 31.1 Å². The highest BCUT2D eigenvalue weighted by molar-refractivity contribution is 6.22. The number of nitrogens with zero attached hydrogens (tertiary/aromatic N) is 1. The highest BCUT2D eigenvalue weighted by atomic mass is 19.1. The number of pyridine rings is 1. The molecule has 2 heterocycles. The Morgan fingerprint density at radius 1 is 1.14 bits per heavy atom. The monoisotopic (exact) mass is 285 g/mol. The van der Waals surface area contributed by atoms with E-state index in [4.69, 9.17) is 0 Å². The van der Waals surface area contributed by atoms with Gasteiger partial charge in [0.15, 0.2) is 5.82 Å². The fraction of sp³-hybridized carbons (Fsp3) is 0. The number of nitrogens with one attached hydrogen (secondary N) is 2. The van der Waals surface area contributed by atoms with Crippen molar-refractivity contribution in [1.29, 1.82) is 0 Å². The third-order valence-electron chi connectivity index (χ3n) is 3.01. The van der Waals surface area contributed by atoms with Gasteiger partial charge in [-0.1, -0.05) is 0 Å². The number of anilines is 1. The van der Waals surface area contributed by atoms with E-state index in [0.717, 1.165) is 6.20 Å². The van der Waals surface area contributed by atoms with E-state index >= 15 is 0 Å². The third kappa shape index (κ3) is 2.25. The van der Waals surface area contributed by atoms with Crippen molar-refractivity contribution in [2.75, 3.05) is 5.32 Å². The fourth-order valence-corrected chi connectivity index (χ4v) is 2.00. The first kappa shape index (κ1) is 12.9. The summed E-state index contributed by atoms with van der Waals surface area (Å²) < 4.78 is 13.4. The fourth-order valence-electron chi connectivity index (χ4n) is 2.00. The number of benzene rings is 1. The summed E-state index contributed by atoms with van der Waals surface area (Å²) in [5, 5.41) is 4.61. The number of rotatable bonds is 2. The highest BCUT2D eigenvalue weighted by Gasteiger charge is 2.26. The summed E-state index contributed by atoms with van der Waals surface area (Å²) in [5.41, 5.74) is 0.548. The zero-order valence-electron chi connectivity index (χ0n) is 10.5. The molecule has 2 N–H and O–H groups in total. The van der Waals surface area contributed by atoms with Crippen molar-refractivity contribution in [3.05, 3.63) is 59.2 Å². The summed E-state index contributed by atoms with van der Waals surface area (Å²) in [6, 6.07) is 5.50. The van der Waals surface area contributed by atoms with Gasteiger partial charge in [0.05, 0.1) is 22.9 Å². The molecule has 7 heteroatoms. The van der Waals surface area contributed by atoms with Gasteiger partial charge in [0, 0.05) is 11.9 Å². The molecule has 3 rings (SSSR count). The van der Waals surface area contributed by atoms with Crippen LogP contribution in [0.4, 0.5) is 10.1 Å². The van der Waals surface area contributed by atoms with Crippen LogP contribution < -0.4 is 10.6 Å². The summed E-state index contributed by atoms with van der Waals surface area (Å²) in [7, 11) is 0. The predicted octanol–water partition coefficient (Wildman–Crippen LogP) is 1.36. The van der Waals surface area contributed by atoms with Crippen molar-refractivity contribution >= 4 is 23.4 Å². The smallest absolute Gasteiger partial charge is 0.259 e. The minimum Gasteiger partial charge on any atom is -0.322 e. The lowest BCUT2D eigenvalue weighted by Gasteiger charge is -2.06. The number of hydrogen-bond donors (Lipinski definition) is 2. The van der Waals surface area contributed by atoms with E-state index in [1.54, 1.807) is 0 Å². The Morgan fingerprint density at radius 2 is 1.90 bits per heavy atom. The summed E-state index contributed by atoms with van der Waals surface area (Å²) in [6.07, 6.45) is 2.23. The third-order valence-corrected chi connectivity index (χ3v) is 3.01. The van der Waals surface area contributed by atoms with E-state index in [2.05, 4.69) is 15.6 Å². The number of imide groups is 1. The van der Waals surface area contributed by atoms with Gasteiger partial charge in [-0.05, 0) is 24.3 Å².